The van der Waals surface area contributed by atoms with Crippen LogP contribution in [0.15, 0.2) is 12.2 Å². The summed E-state index contributed by atoms with van der Waals surface area (Å²) in [7, 11) is 0. The number of thiazole rings is 1. The molecule has 1 fully saturated rings. The first kappa shape index (κ1) is 13.3. The van der Waals surface area contributed by atoms with Gasteiger partial charge in [-0.25, -0.2) is 4.98 Å². The van der Waals surface area contributed by atoms with Crippen LogP contribution in [0, 0.1) is 25.7 Å². The quantitative estimate of drug-likeness (QED) is 0.822. The van der Waals surface area contributed by atoms with Crippen LogP contribution in [0.4, 0.5) is 5.13 Å². The standard InChI is InChI=1S/C13H14N2O4S/c1-5-6(2)20-13(14-5)15-11(16)9-7-3-4-8(19-7)10(9)12(17)18/h3-4,7-10H,1-2H3,(H,17,18)(H,14,15,16)/t7-,8-,9-,10-/m1/s1. The predicted octanol–water partition coefficient (Wildman–Crippen LogP) is 1.35. The molecule has 0 spiro atoms. The summed E-state index contributed by atoms with van der Waals surface area (Å²) in [5.41, 5.74) is 0.865. The van der Waals surface area contributed by atoms with Crippen LogP contribution in [0.3, 0.4) is 0 Å². The highest BCUT2D eigenvalue weighted by atomic mass is 32.1. The third-order valence-corrected chi connectivity index (χ3v) is 4.73. The van der Waals surface area contributed by atoms with Crippen LogP contribution in [0.1, 0.15) is 10.6 Å². The van der Waals surface area contributed by atoms with Crippen LogP contribution in [-0.4, -0.2) is 34.2 Å². The molecule has 0 unspecified atom stereocenters. The second-order valence-corrected chi connectivity index (χ2v) is 6.19. The first-order valence-corrected chi connectivity index (χ1v) is 7.10. The average molecular weight is 294 g/mol. The second-order valence-electron chi connectivity index (χ2n) is 4.99. The van der Waals surface area contributed by atoms with Gasteiger partial charge in [-0.3, -0.25) is 9.59 Å². The molecule has 7 heteroatoms. The van der Waals surface area contributed by atoms with E-state index < -0.39 is 30.0 Å². The molecule has 1 amide bonds. The van der Waals surface area contributed by atoms with Crippen molar-refractivity contribution in [3.05, 3.63) is 22.7 Å². The zero-order chi connectivity index (χ0) is 14.4. The van der Waals surface area contributed by atoms with Crippen molar-refractivity contribution < 1.29 is 19.4 Å². The minimum absolute atomic E-state index is 0.344. The first-order valence-electron chi connectivity index (χ1n) is 6.29. The lowest BCUT2D eigenvalue weighted by molar-refractivity contribution is -0.145. The van der Waals surface area contributed by atoms with E-state index in [9.17, 15) is 14.7 Å². The summed E-state index contributed by atoms with van der Waals surface area (Å²) >= 11 is 1.38. The Morgan fingerprint density at radius 1 is 1.30 bits per heavy atom. The number of carbonyl (C=O) groups excluding carboxylic acids is 1. The van der Waals surface area contributed by atoms with Gasteiger partial charge in [0.05, 0.1) is 23.8 Å². The van der Waals surface area contributed by atoms with Crippen molar-refractivity contribution in [2.75, 3.05) is 5.32 Å². The number of fused-ring (bicyclic) bond motifs is 2. The Balaban J connectivity index is 1.79. The number of aromatic nitrogens is 1. The molecule has 0 aliphatic carbocycles. The molecule has 20 heavy (non-hydrogen) atoms. The van der Waals surface area contributed by atoms with E-state index in [1.165, 1.54) is 11.3 Å². The number of aliphatic carboxylic acids is 1. The van der Waals surface area contributed by atoms with Gasteiger partial charge in [-0.2, -0.15) is 0 Å². The maximum absolute atomic E-state index is 12.3. The van der Waals surface area contributed by atoms with Crippen molar-refractivity contribution in [1.82, 2.24) is 4.98 Å². The number of carboxylic acids is 1. The molecule has 1 saturated heterocycles. The smallest absolute Gasteiger partial charge is 0.310 e. The Bertz CT molecular complexity index is 590. The number of nitrogens with one attached hydrogen (secondary N) is 1. The van der Waals surface area contributed by atoms with Crippen molar-refractivity contribution in [2.45, 2.75) is 26.1 Å². The molecule has 0 radical (unpaired) electrons. The van der Waals surface area contributed by atoms with Crippen molar-refractivity contribution in [2.24, 2.45) is 11.8 Å². The number of aryl methyl sites for hydroxylation is 2. The van der Waals surface area contributed by atoms with E-state index in [1.807, 2.05) is 13.8 Å². The van der Waals surface area contributed by atoms with Crippen molar-refractivity contribution >= 4 is 28.3 Å². The maximum atomic E-state index is 12.3. The fraction of sp³-hybridized carbons (Fsp3) is 0.462. The van der Waals surface area contributed by atoms with E-state index in [-0.39, 0.29) is 5.91 Å². The van der Waals surface area contributed by atoms with Crippen LogP contribution in [0.2, 0.25) is 0 Å². The van der Waals surface area contributed by atoms with Crippen molar-refractivity contribution in [1.29, 1.82) is 0 Å². The lowest BCUT2D eigenvalue weighted by Gasteiger charge is -2.20. The summed E-state index contributed by atoms with van der Waals surface area (Å²) < 4.78 is 5.48. The van der Waals surface area contributed by atoms with Gasteiger partial charge in [0, 0.05) is 4.88 Å². The Labute approximate surface area is 119 Å². The molecule has 4 atom stereocenters. The topological polar surface area (TPSA) is 88.5 Å². The minimum Gasteiger partial charge on any atom is -0.481 e. The van der Waals surface area contributed by atoms with E-state index in [1.54, 1.807) is 12.2 Å². The third-order valence-electron chi connectivity index (χ3n) is 3.75. The van der Waals surface area contributed by atoms with E-state index >= 15 is 0 Å². The minimum atomic E-state index is -1.01. The van der Waals surface area contributed by atoms with Gasteiger partial charge in [0.15, 0.2) is 5.13 Å². The van der Waals surface area contributed by atoms with Crippen LogP contribution >= 0.6 is 11.3 Å². The number of nitrogens with zero attached hydrogens (tertiary/aromatic N) is 1. The zero-order valence-corrected chi connectivity index (χ0v) is 11.8. The number of carboxylic acid groups (broad SMARTS) is 1. The molecule has 6 nitrogen and oxygen atoms in total. The van der Waals surface area contributed by atoms with Crippen LogP contribution in [0.25, 0.3) is 0 Å². The molecule has 0 aromatic carbocycles. The molecule has 106 valence electrons. The van der Waals surface area contributed by atoms with Gasteiger partial charge in [0.25, 0.3) is 0 Å². The lowest BCUT2D eigenvalue weighted by atomic mass is 9.82. The second kappa shape index (κ2) is 4.68. The third kappa shape index (κ3) is 2.03. The summed E-state index contributed by atoms with van der Waals surface area (Å²) in [5.74, 6) is -2.88. The molecule has 3 rings (SSSR count). The van der Waals surface area contributed by atoms with Crippen molar-refractivity contribution in [3.8, 4) is 0 Å². The number of hydrogen-bond donors (Lipinski definition) is 2. The highest BCUT2D eigenvalue weighted by Crippen LogP contribution is 2.40. The number of ether oxygens (including phenoxy) is 1. The number of hydrogen-bond acceptors (Lipinski definition) is 5. The molecule has 0 saturated carbocycles. The number of anilines is 1. The lowest BCUT2D eigenvalue weighted by Crippen LogP contribution is -2.39. The first-order chi connectivity index (χ1) is 9.47. The fourth-order valence-corrected chi connectivity index (χ4v) is 3.45. The van der Waals surface area contributed by atoms with Crippen LogP contribution in [0.5, 0.6) is 0 Å². The molecule has 2 N–H and O–H groups in total. The molecule has 1 aromatic heterocycles. The van der Waals surface area contributed by atoms with E-state index in [2.05, 4.69) is 10.3 Å². The molecule has 2 aliphatic heterocycles. The van der Waals surface area contributed by atoms with E-state index in [0.29, 0.717) is 5.13 Å². The molecular formula is C13H14N2O4S. The van der Waals surface area contributed by atoms with Gasteiger partial charge < -0.3 is 15.2 Å². The van der Waals surface area contributed by atoms with Crippen LogP contribution < -0.4 is 5.32 Å². The molecule has 2 aliphatic rings. The highest BCUT2D eigenvalue weighted by Gasteiger charge is 2.53. The normalized spacial score (nSPS) is 30.7. The van der Waals surface area contributed by atoms with Gasteiger partial charge in [-0.05, 0) is 13.8 Å². The van der Waals surface area contributed by atoms with E-state index in [4.69, 9.17) is 4.74 Å². The van der Waals surface area contributed by atoms with Gasteiger partial charge in [-0.15, -0.1) is 11.3 Å². The average Bonchev–Trinajstić information content (AvgIpc) is 3.04. The Morgan fingerprint density at radius 2 is 1.95 bits per heavy atom. The number of amides is 1. The van der Waals surface area contributed by atoms with Crippen LogP contribution in [-0.2, 0) is 14.3 Å². The summed E-state index contributed by atoms with van der Waals surface area (Å²) in [6, 6.07) is 0. The number of carbonyl (C=O) groups is 2. The Morgan fingerprint density at radius 3 is 2.50 bits per heavy atom. The van der Waals surface area contributed by atoms with Gasteiger partial charge in [-0.1, -0.05) is 12.2 Å². The van der Waals surface area contributed by atoms with E-state index in [0.717, 1.165) is 10.6 Å². The monoisotopic (exact) mass is 294 g/mol. The van der Waals surface area contributed by atoms with Gasteiger partial charge in [0.1, 0.15) is 5.92 Å². The molecule has 3 heterocycles. The summed E-state index contributed by atoms with van der Waals surface area (Å²) in [6.07, 6.45) is 2.51. The predicted molar refractivity (Wildman–Crippen MR) is 72.6 cm³/mol. The SMILES string of the molecule is Cc1nc(NC(=O)[C@H]2[C@H](C(=O)O)[C@H]3C=C[C@H]2O3)sc1C. The largest absolute Gasteiger partial charge is 0.481 e. The molecule has 1 aromatic rings. The highest BCUT2D eigenvalue weighted by molar-refractivity contribution is 7.15. The van der Waals surface area contributed by atoms with Gasteiger partial charge >= 0.3 is 5.97 Å². The summed E-state index contributed by atoms with van der Waals surface area (Å²) in [6.45, 7) is 3.79. The number of rotatable bonds is 3. The van der Waals surface area contributed by atoms with Gasteiger partial charge in [0.2, 0.25) is 5.91 Å². The zero-order valence-electron chi connectivity index (χ0n) is 11.0. The molecule has 2 bridgehead atoms. The van der Waals surface area contributed by atoms with Crippen molar-refractivity contribution in [3.63, 3.8) is 0 Å². The Hall–Kier alpha value is -1.73. The fourth-order valence-electron chi connectivity index (χ4n) is 2.63. The Kier molecular flexibility index (Phi) is 3.10. The molecular weight excluding hydrogens is 280 g/mol. The summed E-state index contributed by atoms with van der Waals surface area (Å²) in [5, 5.41) is 12.5. The maximum Gasteiger partial charge on any atom is 0.310 e. The summed E-state index contributed by atoms with van der Waals surface area (Å²) in [4.78, 5) is 28.9.